The van der Waals surface area contributed by atoms with Gasteiger partial charge in [0.15, 0.2) is 0 Å². The summed E-state index contributed by atoms with van der Waals surface area (Å²) in [4.78, 5) is 31.4. The molecular formula is C18H26N4O4. The van der Waals surface area contributed by atoms with Gasteiger partial charge in [-0.1, -0.05) is 19.0 Å². The van der Waals surface area contributed by atoms with Gasteiger partial charge in [0.05, 0.1) is 17.8 Å². The Morgan fingerprint density at radius 3 is 2.65 bits per heavy atom. The van der Waals surface area contributed by atoms with Crippen molar-refractivity contribution < 1.29 is 19.2 Å². The fraction of sp³-hybridized carbons (Fsp3) is 0.667. The van der Waals surface area contributed by atoms with E-state index in [2.05, 4.69) is 15.5 Å². The lowest BCUT2D eigenvalue weighted by Gasteiger charge is -2.29. The van der Waals surface area contributed by atoms with Crippen LogP contribution >= 0.6 is 0 Å². The van der Waals surface area contributed by atoms with E-state index >= 15 is 0 Å². The minimum absolute atomic E-state index is 0.00945. The second-order valence-corrected chi connectivity index (χ2v) is 8.00. The number of rotatable bonds is 4. The number of amides is 2. The summed E-state index contributed by atoms with van der Waals surface area (Å²) in [7, 11) is 0. The molecular weight excluding hydrogens is 336 g/mol. The summed E-state index contributed by atoms with van der Waals surface area (Å²) in [5, 5.41) is 16.8. The standard InChI is InChI=1S/C18H26N4O4/c1-9(2)14(13-6-10(3)21-26-13)16(24)22-8-11(23)7-12(22)15-19-17(25)18(4,5)20-15/h6,9,11-12,14,23H,7-8H2,1-5H3,(H,19,20,25)/t11-,12+,14+/m1/s1. The lowest BCUT2D eigenvalue weighted by atomic mass is 9.91. The van der Waals surface area contributed by atoms with Gasteiger partial charge in [-0.15, -0.1) is 0 Å². The van der Waals surface area contributed by atoms with Crippen molar-refractivity contribution in [1.82, 2.24) is 15.4 Å². The number of aliphatic imine (C=N–C) groups is 1. The third kappa shape index (κ3) is 3.25. The second kappa shape index (κ2) is 6.50. The van der Waals surface area contributed by atoms with Gasteiger partial charge in [0.25, 0.3) is 5.91 Å². The molecule has 2 aliphatic rings. The lowest BCUT2D eigenvalue weighted by Crippen LogP contribution is -2.48. The number of carbonyl (C=O) groups excluding carboxylic acids is 2. The Bertz CT molecular complexity index is 752. The Morgan fingerprint density at radius 2 is 2.15 bits per heavy atom. The Kier molecular flexibility index (Phi) is 4.64. The van der Waals surface area contributed by atoms with Crippen molar-refractivity contribution in [2.45, 2.75) is 64.6 Å². The lowest BCUT2D eigenvalue weighted by molar-refractivity contribution is -0.134. The zero-order valence-electron chi connectivity index (χ0n) is 15.8. The van der Waals surface area contributed by atoms with Crippen LogP contribution in [0.2, 0.25) is 0 Å². The van der Waals surface area contributed by atoms with Gasteiger partial charge in [-0.2, -0.15) is 0 Å². The summed E-state index contributed by atoms with van der Waals surface area (Å²) in [5.41, 5.74) is -0.150. The van der Waals surface area contributed by atoms with Crippen LogP contribution in [0.15, 0.2) is 15.6 Å². The molecule has 3 heterocycles. The third-order valence-electron chi connectivity index (χ3n) is 4.96. The van der Waals surface area contributed by atoms with Crippen LogP contribution < -0.4 is 5.32 Å². The third-order valence-corrected chi connectivity index (χ3v) is 4.96. The molecule has 0 radical (unpaired) electrons. The first-order valence-electron chi connectivity index (χ1n) is 8.93. The molecule has 2 aliphatic heterocycles. The fourth-order valence-electron chi connectivity index (χ4n) is 3.57. The topological polar surface area (TPSA) is 108 Å². The van der Waals surface area contributed by atoms with Crippen LogP contribution in [0.1, 0.15) is 51.5 Å². The van der Waals surface area contributed by atoms with Gasteiger partial charge in [-0.3, -0.25) is 14.6 Å². The van der Waals surface area contributed by atoms with Crippen molar-refractivity contribution in [3.05, 3.63) is 17.5 Å². The van der Waals surface area contributed by atoms with Gasteiger partial charge >= 0.3 is 0 Å². The predicted octanol–water partition coefficient (Wildman–Crippen LogP) is 0.991. The zero-order chi connectivity index (χ0) is 19.2. The normalized spacial score (nSPS) is 26.2. The first-order valence-corrected chi connectivity index (χ1v) is 8.93. The number of β-amino-alcohol motifs (C(OH)–C–C–N with tert-alkyl or cyclic N) is 1. The van der Waals surface area contributed by atoms with Crippen molar-refractivity contribution in [3.8, 4) is 0 Å². The number of aromatic nitrogens is 1. The number of aliphatic hydroxyl groups excluding tert-OH is 1. The van der Waals surface area contributed by atoms with Crippen LogP contribution in [0.25, 0.3) is 0 Å². The molecule has 0 aromatic carbocycles. The first kappa shape index (κ1) is 18.6. The smallest absolute Gasteiger partial charge is 0.252 e. The molecule has 1 fully saturated rings. The second-order valence-electron chi connectivity index (χ2n) is 8.00. The maximum absolute atomic E-state index is 13.3. The van der Waals surface area contributed by atoms with Crippen LogP contribution in [0.4, 0.5) is 0 Å². The van der Waals surface area contributed by atoms with Crippen LogP contribution in [-0.2, 0) is 9.59 Å². The summed E-state index contributed by atoms with van der Waals surface area (Å²) in [5.74, 6) is 0.0907. The molecule has 3 atom stereocenters. The molecule has 26 heavy (non-hydrogen) atoms. The minimum atomic E-state index is -0.864. The number of aryl methyl sites for hydroxylation is 1. The Morgan fingerprint density at radius 1 is 1.46 bits per heavy atom. The van der Waals surface area contributed by atoms with Gasteiger partial charge < -0.3 is 19.8 Å². The van der Waals surface area contributed by atoms with E-state index in [-0.39, 0.29) is 24.3 Å². The van der Waals surface area contributed by atoms with Crippen LogP contribution in [0, 0.1) is 12.8 Å². The average molecular weight is 362 g/mol. The first-order chi connectivity index (χ1) is 12.1. The van der Waals surface area contributed by atoms with Crippen molar-refractivity contribution in [2.75, 3.05) is 6.54 Å². The van der Waals surface area contributed by atoms with Crippen LogP contribution in [0.5, 0.6) is 0 Å². The molecule has 0 bridgehead atoms. The maximum Gasteiger partial charge on any atom is 0.252 e. The number of amidine groups is 1. The molecule has 0 unspecified atom stereocenters. The van der Waals surface area contributed by atoms with Gasteiger partial charge in [0.1, 0.15) is 23.1 Å². The molecule has 1 saturated heterocycles. The van der Waals surface area contributed by atoms with Gasteiger partial charge in [-0.25, -0.2) is 0 Å². The van der Waals surface area contributed by atoms with E-state index in [0.717, 1.165) is 0 Å². The summed E-state index contributed by atoms with van der Waals surface area (Å²) < 4.78 is 5.35. The number of nitrogens with one attached hydrogen (secondary N) is 1. The summed E-state index contributed by atoms with van der Waals surface area (Å²) >= 11 is 0. The number of likely N-dealkylation sites (tertiary alicyclic amines) is 1. The largest absolute Gasteiger partial charge is 0.391 e. The maximum atomic E-state index is 13.3. The molecule has 142 valence electrons. The fourth-order valence-corrected chi connectivity index (χ4v) is 3.57. The zero-order valence-corrected chi connectivity index (χ0v) is 15.8. The Balaban J connectivity index is 1.90. The molecule has 2 amide bonds. The summed E-state index contributed by atoms with van der Waals surface area (Å²) in [6.45, 7) is 9.35. The number of hydrogen-bond acceptors (Lipinski definition) is 6. The highest BCUT2D eigenvalue weighted by Crippen LogP contribution is 2.32. The van der Waals surface area contributed by atoms with E-state index in [0.29, 0.717) is 23.7 Å². The number of carbonyl (C=O) groups is 2. The molecule has 8 nitrogen and oxygen atoms in total. The molecule has 1 aromatic heterocycles. The SMILES string of the molecule is Cc1cc([C@@H](C(=O)N2C[C@H](O)C[C@H]2C2=NC(C)(C)C(=O)N2)C(C)C)on1. The van der Waals surface area contributed by atoms with E-state index in [1.54, 1.807) is 24.8 Å². The van der Waals surface area contributed by atoms with Crippen molar-refractivity contribution >= 4 is 17.6 Å². The van der Waals surface area contributed by atoms with E-state index < -0.39 is 23.6 Å². The highest BCUT2D eigenvalue weighted by molar-refractivity contribution is 6.10. The molecule has 0 aliphatic carbocycles. The van der Waals surface area contributed by atoms with Crippen molar-refractivity contribution in [2.24, 2.45) is 10.9 Å². The summed E-state index contributed by atoms with van der Waals surface area (Å²) in [6, 6.07) is 1.32. The predicted molar refractivity (Wildman–Crippen MR) is 94.6 cm³/mol. The number of hydrogen-bond donors (Lipinski definition) is 2. The Labute approximate surface area is 152 Å². The average Bonchev–Trinajstić information content (AvgIpc) is 3.18. The van der Waals surface area contributed by atoms with Gasteiger partial charge in [0.2, 0.25) is 5.91 Å². The van der Waals surface area contributed by atoms with E-state index in [1.165, 1.54) is 0 Å². The van der Waals surface area contributed by atoms with Crippen LogP contribution in [-0.4, -0.2) is 57.0 Å². The highest BCUT2D eigenvalue weighted by atomic mass is 16.5. The van der Waals surface area contributed by atoms with Gasteiger partial charge in [-0.05, 0) is 26.7 Å². The van der Waals surface area contributed by atoms with Crippen molar-refractivity contribution in [3.63, 3.8) is 0 Å². The molecule has 3 rings (SSSR count). The molecule has 0 saturated carbocycles. The minimum Gasteiger partial charge on any atom is -0.391 e. The van der Waals surface area contributed by atoms with E-state index in [1.807, 2.05) is 20.8 Å². The summed E-state index contributed by atoms with van der Waals surface area (Å²) in [6.07, 6.45) is -0.308. The molecule has 8 heteroatoms. The molecule has 2 N–H and O–H groups in total. The van der Waals surface area contributed by atoms with E-state index in [4.69, 9.17) is 4.52 Å². The Hall–Kier alpha value is -2.22. The monoisotopic (exact) mass is 362 g/mol. The number of nitrogens with zero attached hydrogens (tertiary/aromatic N) is 3. The van der Waals surface area contributed by atoms with E-state index in [9.17, 15) is 14.7 Å². The molecule has 0 spiro atoms. The highest BCUT2D eigenvalue weighted by Gasteiger charge is 2.46. The quantitative estimate of drug-likeness (QED) is 0.830. The number of aliphatic hydroxyl groups is 1. The molecule has 1 aromatic rings. The van der Waals surface area contributed by atoms with Crippen molar-refractivity contribution in [1.29, 1.82) is 0 Å². The van der Waals surface area contributed by atoms with Crippen LogP contribution in [0.3, 0.4) is 0 Å². The van der Waals surface area contributed by atoms with Gasteiger partial charge in [0, 0.05) is 19.0 Å².